The number of nitrogens with one attached hydrogen (secondary N) is 1. The van der Waals surface area contributed by atoms with Crippen molar-refractivity contribution in [2.45, 2.75) is 44.7 Å². The molecule has 6 heteroatoms. The molecule has 1 N–H and O–H groups in total. The van der Waals surface area contributed by atoms with E-state index in [-0.39, 0.29) is 17.9 Å². The Bertz CT molecular complexity index is 847. The van der Waals surface area contributed by atoms with Gasteiger partial charge in [0.15, 0.2) is 0 Å². The van der Waals surface area contributed by atoms with Crippen LogP contribution in [0.25, 0.3) is 0 Å². The second kappa shape index (κ2) is 9.18. The molecule has 1 atom stereocenters. The lowest BCUT2D eigenvalue weighted by atomic mass is 10.0. The smallest absolute Gasteiger partial charge is 0.254 e. The largest absolute Gasteiger partial charge is 0.330 e. The van der Waals surface area contributed by atoms with Crippen molar-refractivity contribution in [3.8, 4) is 0 Å². The molecule has 6 nitrogen and oxygen atoms in total. The van der Waals surface area contributed by atoms with Crippen LogP contribution in [0.2, 0.25) is 0 Å². The molecule has 1 unspecified atom stereocenters. The van der Waals surface area contributed by atoms with E-state index in [4.69, 9.17) is 0 Å². The van der Waals surface area contributed by atoms with Gasteiger partial charge in [0.25, 0.3) is 5.91 Å². The molecule has 0 saturated carbocycles. The molecule has 0 spiro atoms. The highest BCUT2D eigenvalue weighted by atomic mass is 16.2. The number of rotatable bonds is 5. The number of benzene rings is 1. The van der Waals surface area contributed by atoms with Crippen LogP contribution in [-0.4, -0.2) is 47.4 Å². The van der Waals surface area contributed by atoms with Crippen LogP contribution in [0.4, 0.5) is 5.69 Å². The van der Waals surface area contributed by atoms with Crippen LogP contribution in [0.5, 0.6) is 0 Å². The molecular formula is C23H28N4O2. The second-order valence-corrected chi connectivity index (χ2v) is 7.79. The third-order valence-electron chi connectivity index (χ3n) is 5.78. The summed E-state index contributed by atoms with van der Waals surface area (Å²) in [6.07, 6.45) is 6.20. The van der Waals surface area contributed by atoms with Gasteiger partial charge in [-0.15, -0.1) is 0 Å². The maximum Gasteiger partial charge on any atom is 0.254 e. The molecule has 0 aliphatic carbocycles. The molecule has 0 radical (unpaired) electrons. The minimum atomic E-state index is 0.0102. The quantitative estimate of drug-likeness (QED) is 0.850. The van der Waals surface area contributed by atoms with E-state index >= 15 is 0 Å². The summed E-state index contributed by atoms with van der Waals surface area (Å²) >= 11 is 0. The van der Waals surface area contributed by atoms with Gasteiger partial charge in [-0.05, 0) is 69.1 Å². The highest BCUT2D eigenvalue weighted by Crippen LogP contribution is 2.25. The maximum absolute atomic E-state index is 13.6. The fourth-order valence-corrected chi connectivity index (χ4v) is 4.24. The summed E-state index contributed by atoms with van der Waals surface area (Å²) in [7, 11) is 0. The Balaban J connectivity index is 1.61. The monoisotopic (exact) mass is 392 g/mol. The molecule has 2 saturated heterocycles. The number of amides is 2. The minimum Gasteiger partial charge on any atom is -0.330 e. The lowest BCUT2D eigenvalue weighted by molar-refractivity contribution is -0.117. The zero-order valence-electron chi connectivity index (χ0n) is 16.7. The lowest BCUT2D eigenvalue weighted by Crippen LogP contribution is -2.40. The fourth-order valence-electron chi connectivity index (χ4n) is 4.24. The molecule has 1 aromatic heterocycles. The molecule has 3 heterocycles. The first-order chi connectivity index (χ1) is 14.2. The number of hydrogen-bond donors (Lipinski definition) is 1. The Labute approximate surface area is 171 Å². The van der Waals surface area contributed by atoms with Crippen molar-refractivity contribution in [2.24, 2.45) is 0 Å². The Hall–Kier alpha value is -2.73. The summed E-state index contributed by atoms with van der Waals surface area (Å²) in [6.45, 7) is 3.13. The molecule has 2 aliphatic rings. The van der Waals surface area contributed by atoms with Gasteiger partial charge in [0.05, 0.1) is 12.2 Å². The second-order valence-electron chi connectivity index (χ2n) is 7.79. The molecule has 2 fully saturated rings. The molecular weight excluding hydrogens is 364 g/mol. The number of carbonyl (C=O) groups is 2. The van der Waals surface area contributed by atoms with Gasteiger partial charge in [-0.3, -0.25) is 14.6 Å². The summed E-state index contributed by atoms with van der Waals surface area (Å²) in [5.74, 6) is 0.144. The van der Waals surface area contributed by atoms with Crippen molar-refractivity contribution in [1.82, 2.24) is 15.2 Å². The van der Waals surface area contributed by atoms with Gasteiger partial charge in [-0.25, -0.2) is 0 Å². The molecule has 0 bridgehead atoms. The molecule has 2 amide bonds. The average Bonchev–Trinajstić information content (AvgIpc) is 3.01. The molecule has 152 valence electrons. The van der Waals surface area contributed by atoms with Crippen molar-refractivity contribution >= 4 is 17.5 Å². The number of nitrogens with zero attached hydrogens (tertiary/aromatic N) is 3. The van der Waals surface area contributed by atoms with Crippen LogP contribution in [0.15, 0.2) is 48.7 Å². The molecule has 29 heavy (non-hydrogen) atoms. The SMILES string of the molecule is O=C1CCCN1c1cccc(C(=O)N(Cc2ccccn2)C2CCCNCC2)c1. The van der Waals surface area contributed by atoms with Crippen LogP contribution in [0.3, 0.4) is 0 Å². The maximum atomic E-state index is 13.6. The van der Waals surface area contributed by atoms with E-state index in [2.05, 4.69) is 10.3 Å². The zero-order valence-corrected chi connectivity index (χ0v) is 16.7. The average molecular weight is 393 g/mol. The van der Waals surface area contributed by atoms with Gasteiger partial charge in [-0.1, -0.05) is 12.1 Å². The summed E-state index contributed by atoms with van der Waals surface area (Å²) < 4.78 is 0. The molecule has 2 aliphatic heterocycles. The van der Waals surface area contributed by atoms with E-state index in [1.54, 1.807) is 11.1 Å². The predicted molar refractivity (Wildman–Crippen MR) is 113 cm³/mol. The highest BCUT2D eigenvalue weighted by Gasteiger charge is 2.27. The first-order valence-corrected chi connectivity index (χ1v) is 10.5. The van der Waals surface area contributed by atoms with E-state index < -0.39 is 0 Å². The van der Waals surface area contributed by atoms with Gasteiger partial charge in [-0.2, -0.15) is 0 Å². The third-order valence-corrected chi connectivity index (χ3v) is 5.78. The predicted octanol–water partition coefficient (Wildman–Crippen LogP) is 2.99. The fraction of sp³-hybridized carbons (Fsp3) is 0.435. The summed E-state index contributed by atoms with van der Waals surface area (Å²) in [5, 5.41) is 3.43. The van der Waals surface area contributed by atoms with E-state index in [1.165, 1.54) is 0 Å². The number of pyridine rings is 1. The van der Waals surface area contributed by atoms with E-state index in [1.807, 2.05) is 47.4 Å². The summed E-state index contributed by atoms with van der Waals surface area (Å²) in [4.78, 5) is 33.9. The van der Waals surface area contributed by atoms with Crippen LogP contribution >= 0.6 is 0 Å². The van der Waals surface area contributed by atoms with Crippen LogP contribution in [0.1, 0.15) is 48.2 Å². The van der Waals surface area contributed by atoms with Crippen molar-refractivity contribution in [1.29, 1.82) is 0 Å². The number of carbonyl (C=O) groups excluding carboxylic acids is 2. The zero-order chi connectivity index (χ0) is 20.1. The highest BCUT2D eigenvalue weighted by molar-refractivity contribution is 5.99. The van der Waals surface area contributed by atoms with Gasteiger partial charge < -0.3 is 15.1 Å². The lowest BCUT2D eigenvalue weighted by Gasteiger charge is -2.31. The van der Waals surface area contributed by atoms with Gasteiger partial charge in [0.2, 0.25) is 5.91 Å². The standard InChI is InChI=1S/C23H28N4O2/c28-22-10-5-15-26(22)21-8-3-6-18(16-21)23(29)27(17-19-7-1-2-13-25-19)20-9-4-12-24-14-11-20/h1-3,6-8,13,16,20,24H,4-5,9-12,14-15,17H2. The number of aromatic nitrogens is 1. The number of hydrogen-bond acceptors (Lipinski definition) is 4. The minimum absolute atomic E-state index is 0.0102. The van der Waals surface area contributed by atoms with E-state index in [0.29, 0.717) is 18.5 Å². The van der Waals surface area contributed by atoms with Crippen molar-refractivity contribution in [3.63, 3.8) is 0 Å². The van der Waals surface area contributed by atoms with Crippen molar-refractivity contribution < 1.29 is 9.59 Å². The van der Waals surface area contributed by atoms with Gasteiger partial charge >= 0.3 is 0 Å². The Morgan fingerprint density at radius 3 is 2.86 bits per heavy atom. The summed E-state index contributed by atoms with van der Waals surface area (Å²) in [6, 6.07) is 13.5. The van der Waals surface area contributed by atoms with E-state index in [9.17, 15) is 9.59 Å². The number of anilines is 1. The van der Waals surface area contributed by atoms with Crippen LogP contribution in [-0.2, 0) is 11.3 Å². The summed E-state index contributed by atoms with van der Waals surface area (Å²) in [5.41, 5.74) is 2.35. The van der Waals surface area contributed by atoms with Crippen molar-refractivity contribution in [2.75, 3.05) is 24.5 Å². The topological polar surface area (TPSA) is 65.5 Å². The molecule has 4 rings (SSSR count). The Morgan fingerprint density at radius 2 is 2.07 bits per heavy atom. The van der Waals surface area contributed by atoms with Crippen LogP contribution < -0.4 is 10.2 Å². The Morgan fingerprint density at radius 1 is 1.14 bits per heavy atom. The first kappa shape index (κ1) is 19.6. The third kappa shape index (κ3) is 4.65. The normalized spacial score (nSPS) is 19.8. The Kier molecular flexibility index (Phi) is 6.20. The van der Waals surface area contributed by atoms with Gasteiger partial charge in [0, 0.05) is 36.5 Å². The molecule has 1 aromatic carbocycles. The van der Waals surface area contributed by atoms with Gasteiger partial charge in [0.1, 0.15) is 0 Å². The van der Waals surface area contributed by atoms with Crippen molar-refractivity contribution in [3.05, 3.63) is 59.9 Å². The first-order valence-electron chi connectivity index (χ1n) is 10.5. The molecule has 2 aromatic rings. The van der Waals surface area contributed by atoms with Crippen LogP contribution in [0, 0.1) is 0 Å². The van der Waals surface area contributed by atoms with E-state index in [0.717, 1.165) is 56.7 Å².